The van der Waals surface area contributed by atoms with Gasteiger partial charge in [0.25, 0.3) is 0 Å². The Balaban J connectivity index is 3.71. The van der Waals surface area contributed by atoms with Gasteiger partial charge in [-0.3, -0.25) is 19.5 Å². The highest BCUT2D eigenvalue weighted by molar-refractivity contribution is 7.84. The number of alkyl halides is 1. The molecule has 9 nitrogen and oxygen atoms in total. The van der Waals surface area contributed by atoms with Gasteiger partial charge in [0.15, 0.2) is 0 Å². The van der Waals surface area contributed by atoms with Gasteiger partial charge in [0.1, 0.15) is 5.88 Å². The minimum atomic E-state index is -4.58. The van der Waals surface area contributed by atoms with Gasteiger partial charge in [-0.2, -0.15) is 8.42 Å². The van der Waals surface area contributed by atoms with Gasteiger partial charge < -0.3 is 4.74 Å². The number of carbonyl (C=O) groups is 3. The van der Waals surface area contributed by atoms with Crippen molar-refractivity contribution in [3.8, 4) is 0 Å². The van der Waals surface area contributed by atoms with Gasteiger partial charge in [-0.1, -0.05) is 0 Å². The molecular weight excluding hydrogens is 292 g/mol. The van der Waals surface area contributed by atoms with Crippen molar-refractivity contribution < 1.29 is 32.1 Å². The number of amides is 3. The fourth-order valence-corrected chi connectivity index (χ4v) is 1.23. The van der Waals surface area contributed by atoms with Gasteiger partial charge in [0.05, 0.1) is 6.61 Å². The monoisotopic (exact) mass is 302 g/mol. The highest BCUT2D eigenvalue weighted by atomic mass is 35.5. The van der Waals surface area contributed by atoms with E-state index in [0.717, 1.165) is 0 Å². The summed E-state index contributed by atoms with van der Waals surface area (Å²) in [6.07, 6.45) is -1.28. The number of nitrogens with one attached hydrogen (secondary N) is 2. The van der Waals surface area contributed by atoms with Gasteiger partial charge in [-0.25, -0.2) is 9.52 Å². The molecule has 0 bridgehead atoms. The lowest BCUT2D eigenvalue weighted by Crippen LogP contribution is -2.32. The summed E-state index contributed by atoms with van der Waals surface area (Å²) in [5, 5.41) is 1.79. The maximum absolute atomic E-state index is 10.8. The minimum absolute atomic E-state index is 0.0177. The summed E-state index contributed by atoms with van der Waals surface area (Å²) in [6, 6.07) is 0. The Morgan fingerprint density at radius 1 is 1.22 bits per heavy atom. The Labute approximate surface area is 108 Å². The number of imide groups is 1. The van der Waals surface area contributed by atoms with Crippen LogP contribution in [0.3, 0.4) is 0 Å². The van der Waals surface area contributed by atoms with E-state index in [0.29, 0.717) is 0 Å². The predicted molar refractivity (Wildman–Crippen MR) is 59.1 cm³/mol. The average molecular weight is 303 g/mol. The third-order valence-corrected chi connectivity index (χ3v) is 2.12. The lowest BCUT2D eigenvalue weighted by Gasteiger charge is -2.04. The van der Waals surface area contributed by atoms with Gasteiger partial charge >= 0.3 is 16.4 Å². The van der Waals surface area contributed by atoms with Gasteiger partial charge in [-0.15, -0.1) is 11.6 Å². The lowest BCUT2D eigenvalue weighted by atomic mass is 10.3. The van der Waals surface area contributed by atoms with E-state index in [-0.39, 0.29) is 19.4 Å². The zero-order chi connectivity index (χ0) is 14.2. The minimum Gasteiger partial charge on any atom is -0.449 e. The molecule has 0 unspecified atom stereocenters. The van der Waals surface area contributed by atoms with Crippen molar-refractivity contribution in [3.05, 3.63) is 0 Å². The first-order chi connectivity index (χ1) is 8.24. The Bertz CT molecular complexity index is 422. The Morgan fingerprint density at radius 2 is 1.83 bits per heavy atom. The molecule has 0 aromatic rings. The topological polar surface area (TPSA) is 139 Å². The van der Waals surface area contributed by atoms with Crippen molar-refractivity contribution in [3.63, 3.8) is 0 Å². The average Bonchev–Trinajstić information content (AvgIpc) is 2.21. The third-order valence-electron chi connectivity index (χ3n) is 1.39. The maximum Gasteiger partial charge on any atom is 0.413 e. The lowest BCUT2D eigenvalue weighted by molar-refractivity contribution is -0.120. The van der Waals surface area contributed by atoms with E-state index in [4.69, 9.17) is 16.2 Å². The fraction of sp³-hybridized carbons (Fsp3) is 0.571. The molecule has 11 heteroatoms. The van der Waals surface area contributed by atoms with Crippen LogP contribution in [0.15, 0.2) is 0 Å². The molecule has 3 N–H and O–H groups in total. The Kier molecular flexibility index (Phi) is 7.24. The maximum atomic E-state index is 10.8. The SMILES string of the molecule is O=C(CCl)NC(=O)OCCCC(=O)NS(=O)(=O)O. The number of hydrogen-bond donors (Lipinski definition) is 3. The molecule has 0 saturated carbocycles. The molecule has 3 amide bonds. The van der Waals surface area contributed by atoms with E-state index in [9.17, 15) is 22.8 Å². The van der Waals surface area contributed by atoms with E-state index in [1.165, 1.54) is 4.72 Å². The van der Waals surface area contributed by atoms with Crippen LogP contribution in [0.4, 0.5) is 4.79 Å². The van der Waals surface area contributed by atoms with Crippen LogP contribution in [0.25, 0.3) is 0 Å². The van der Waals surface area contributed by atoms with Crippen LogP contribution >= 0.6 is 11.6 Å². The highest BCUT2D eigenvalue weighted by Crippen LogP contribution is 1.92. The normalized spacial score (nSPS) is 10.6. The first kappa shape index (κ1) is 16.6. The first-order valence-electron chi connectivity index (χ1n) is 4.55. The van der Waals surface area contributed by atoms with Crippen LogP contribution in [0, 0.1) is 0 Å². The van der Waals surface area contributed by atoms with E-state index in [1.807, 2.05) is 0 Å². The number of ether oxygens (including phenoxy) is 1. The Hall–Kier alpha value is -1.39. The molecule has 0 fully saturated rings. The summed E-state index contributed by atoms with van der Waals surface area (Å²) in [7, 11) is -4.58. The van der Waals surface area contributed by atoms with E-state index in [1.54, 1.807) is 5.32 Å². The number of hydrogen-bond acceptors (Lipinski definition) is 6. The van der Waals surface area contributed by atoms with Crippen molar-refractivity contribution in [1.82, 2.24) is 10.0 Å². The molecule has 104 valence electrons. The second-order valence-electron chi connectivity index (χ2n) is 2.92. The molecule has 0 heterocycles. The quantitative estimate of drug-likeness (QED) is 0.331. The van der Waals surface area contributed by atoms with Crippen LogP contribution in [0.5, 0.6) is 0 Å². The second-order valence-corrected chi connectivity index (χ2v) is 4.34. The second kappa shape index (κ2) is 7.84. The first-order valence-corrected chi connectivity index (χ1v) is 6.52. The summed E-state index contributed by atoms with van der Waals surface area (Å²) in [5.41, 5.74) is 0. The summed E-state index contributed by atoms with van der Waals surface area (Å²) in [5.74, 6) is -2.07. The number of halogens is 1. The Morgan fingerprint density at radius 3 is 2.33 bits per heavy atom. The van der Waals surface area contributed by atoms with Gasteiger partial charge in [0.2, 0.25) is 11.8 Å². The molecule has 0 rings (SSSR count). The number of alkyl carbamates (subject to hydrolysis) is 1. The standard InChI is InChI=1S/C7H11ClN2O7S/c8-4-6(12)9-7(13)17-3-1-2-5(11)10-18(14,15)16/h1-4H2,(H,10,11)(H,9,12,13)(H,14,15,16). The molecule has 0 spiro atoms. The van der Waals surface area contributed by atoms with E-state index >= 15 is 0 Å². The van der Waals surface area contributed by atoms with Crippen molar-refractivity contribution in [1.29, 1.82) is 0 Å². The molecule has 0 aromatic carbocycles. The fourth-order valence-electron chi connectivity index (χ4n) is 0.776. The molecular formula is C7H11ClN2O7S. The smallest absolute Gasteiger partial charge is 0.413 e. The zero-order valence-corrected chi connectivity index (χ0v) is 10.6. The van der Waals surface area contributed by atoms with E-state index in [2.05, 4.69) is 4.74 Å². The molecule has 0 atom stereocenters. The predicted octanol–water partition coefficient (Wildman–Crippen LogP) is -0.823. The molecule has 0 aromatic heterocycles. The van der Waals surface area contributed by atoms with Gasteiger partial charge in [0, 0.05) is 6.42 Å². The van der Waals surface area contributed by atoms with Crippen molar-refractivity contribution >= 4 is 39.8 Å². The number of rotatable bonds is 6. The summed E-state index contributed by atoms with van der Waals surface area (Å²) >= 11 is 5.11. The van der Waals surface area contributed by atoms with Crippen LogP contribution in [-0.4, -0.2) is 43.4 Å². The van der Waals surface area contributed by atoms with Crippen LogP contribution in [-0.2, 0) is 24.6 Å². The summed E-state index contributed by atoms with van der Waals surface area (Å²) in [6.45, 7) is -0.208. The molecule has 18 heavy (non-hydrogen) atoms. The van der Waals surface area contributed by atoms with Crippen molar-refractivity contribution in [2.75, 3.05) is 12.5 Å². The van der Waals surface area contributed by atoms with Crippen LogP contribution in [0.2, 0.25) is 0 Å². The highest BCUT2D eigenvalue weighted by Gasteiger charge is 2.11. The van der Waals surface area contributed by atoms with Crippen molar-refractivity contribution in [2.45, 2.75) is 12.8 Å². The zero-order valence-electron chi connectivity index (χ0n) is 9.01. The third kappa shape index (κ3) is 9.81. The van der Waals surface area contributed by atoms with Gasteiger partial charge in [-0.05, 0) is 6.42 Å². The molecule has 0 aliphatic carbocycles. The molecule has 0 aliphatic heterocycles. The number of carbonyl (C=O) groups excluding carboxylic acids is 3. The molecule has 0 saturated heterocycles. The molecule has 0 radical (unpaired) electrons. The summed E-state index contributed by atoms with van der Waals surface area (Å²) < 4.78 is 34.5. The largest absolute Gasteiger partial charge is 0.449 e. The van der Waals surface area contributed by atoms with Crippen molar-refractivity contribution in [2.24, 2.45) is 0 Å². The summed E-state index contributed by atoms with van der Waals surface area (Å²) in [4.78, 5) is 32.3. The van der Waals surface area contributed by atoms with E-state index < -0.39 is 34.1 Å². The van der Waals surface area contributed by atoms with Crippen LogP contribution in [0.1, 0.15) is 12.8 Å². The molecule has 0 aliphatic rings. The van der Waals surface area contributed by atoms with Crippen LogP contribution < -0.4 is 10.0 Å².